The van der Waals surface area contributed by atoms with Gasteiger partial charge in [0.25, 0.3) is 0 Å². The van der Waals surface area contributed by atoms with E-state index < -0.39 is 0 Å². The highest BCUT2D eigenvalue weighted by molar-refractivity contribution is 5.55. The normalized spacial score (nSPS) is 14.8. The molecule has 5 rings (SSSR count). The van der Waals surface area contributed by atoms with Gasteiger partial charge in [0.2, 0.25) is 5.88 Å². The standard InChI is InChI=1S/C21H19N5O3/c22-20-19-18(16-3-1-10-28-16)15-5-4-14(27)11-17(15)29-21(19)24-13-26(20)8-2-7-25-9-6-23-12-25/h1,3-6,9-13,18,22,27H,2,7-8H2/t18-/m0/s1. The molecule has 1 aliphatic heterocycles. The van der Waals surface area contributed by atoms with Crippen molar-refractivity contribution in [1.29, 1.82) is 5.41 Å². The Morgan fingerprint density at radius 2 is 2.10 bits per heavy atom. The maximum atomic E-state index is 9.86. The van der Waals surface area contributed by atoms with Crippen LogP contribution in [0.4, 0.5) is 0 Å². The lowest BCUT2D eigenvalue weighted by molar-refractivity contribution is 0.399. The molecule has 3 aromatic heterocycles. The van der Waals surface area contributed by atoms with Crippen LogP contribution in [0.5, 0.6) is 17.4 Å². The van der Waals surface area contributed by atoms with Crippen LogP contribution in [-0.4, -0.2) is 24.2 Å². The fraction of sp³-hybridized carbons (Fsp3) is 0.190. The molecule has 1 aromatic carbocycles. The number of aromatic nitrogens is 4. The van der Waals surface area contributed by atoms with Gasteiger partial charge < -0.3 is 23.4 Å². The monoisotopic (exact) mass is 389 g/mol. The zero-order valence-corrected chi connectivity index (χ0v) is 15.5. The Balaban J connectivity index is 1.54. The molecule has 1 aliphatic rings. The summed E-state index contributed by atoms with van der Waals surface area (Å²) in [4.78, 5) is 8.51. The average Bonchev–Trinajstić information content (AvgIpc) is 3.42. The lowest BCUT2D eigenvalue weighted by Crippen LogP contribution is -2.30. The van der Waals surface area contributed by atoms with Gasteiger partial charge in [0.15, 0.2) is 0 Å². The molecular weight excluding hydrogens is 370 g/mol. The summed E-state index contributed by atoms with van der Waals surface area (Å²) in [6.07, 6.45) is 9.54. The summed E-state index contributed by atoms with van der Waals surface area (Å²) in [5, 5.41) is 18.7. The number of phenolic OH excluding ortho intramolecular Hbond substituents is 1. The van der Waals surface area contributed by atoms with E-state index in [1.165, 1.54) is 0 Å². The largest absolute Gasteiger partial charge is 0.508 e. The lowest BCUT2D eigenvalue weighted by Gasteiger charge is -2.27. The molecule has 0 aliphatic carbocycles. The topological polar surface area (TPSA) is 102 Å². The van der Waals surface area contributed by atoms with Crippen molar-refractivity contribution in [3.63, 3.8) is 0 Å². The first-order chi connectivity index (χ1) is 14.2. The highest BCUT2D eigenvalue weighted by Crippen LogP contribution is 2.45. The van der Waals surface area contributed by atoms with E-state index in [9.17, 15) is 5.11 Å². The number of phenols is 1. The summed E-state index contributed by atoms with van der Waals surface area (Å²) in [5.74, 6) is 1.37. The van der Waals surface area contributed by atoms with Crippen LogP contribution in [0.2, 0.25) is 0 Å². The molecule has 146 valence electrons. The van der Waals surface area contributed by atoms with Gasteiger partial charge in [-0.25, -0.2) is 9.97 Å². The number of aryl methyl sites for hydroxylation is 2. The molecule has 0 saturated heterocycles. The minimum atomic E-state index is -0.328. The maximum absolute atomic E-state index is 9.86. The van der Waals surface area contributed by atoms with Gasteiger partial charge in [-0.15, -0.1) is 0 Å². The van der Waals surface area contributed by atoms with Crippen molar-refractivity contribution in [2.75, 3.05) is 0 Å². The van der Waals surface area contributed by atoms with Crippen LogP contribution in [0.1, 0.15) is 29.2 Å². The van der Waals surface area contributed by atoms with Gasteiger partial charge in [-0.2, -0.15) is 0 Å². The van der Waals surface area contributed by atoms with Crippen molar-refractivity contribution >= 4 is 0 Å². The van der Waals surface area contributed by atoms with E-state index in [0.29, 0.717) is 35.0 Å². The van der Waals surface area contributed by atoms with Crippen molar-refractivity contribution < 1.29 is 14.3 Å². The Kier molecular flexibility index (Phi) is 4.16. The summed E-state index contributed by atoms with van der Waals surface area (Å²) in [7, 11) is 0. The Bertz CT molecular complexity index is 1200. The van der Waals surface area contributed by atoms with Gasteiger partial charge >= 0.3 is 0 Å². The molecule has 4 aromatic rings. The molecule has 29 heavy (non-hydrogen) atoms. The molecule has 8 heteroatoms. The van der Waals surface area contributed by atoms with Crippen LogP contribution in [-0.2, 0) is 13.1 Å². The zero-order chi connectivity index (χ0) is 19.8. The highest BCUT2D eigenvalue weighted by Gasteiger charge is 2.33. The Labute approximate surface area is 166 Å². The molecule has 0 bridgehead atoms. The molecule has 0 radical (unpaired) electrons. The fourth-order valence-electron chi connectivity index (χ4n) is 3.72. The molecular formula is C21H19N5O3. The number of hydrogen-bond donors (Lipinski definition) is 2. The molecule has 8 nitrogen and oxygen atoms in total. The van der Waals surface area contributed by atoms with Crippen LogP contribution >= 0.6 is 0 Å². The second-order valence-electron chi connectivity index (χ2n) is 6.93. The van der Waals surface area contributed by atoms with Crippen molar-refractivity contribution in [2.24, 2.45) is 0 Å². The van der Waals surface area contributed by atoms with Crippen LogP contribution in [0, 0.1) is 5.41 Å². The fourth-order valence-corrected chi connectivity index (χ4v) is 3.72. The van der Waals surface area contributed by atoms with Gasteiger partial charge in [0.05, 0.1) is 24.1 Å². The first kappa shape index (κ1) is 17.3. The average molecular weight is 389 g/mol. The Morgan fingerprint density at radius 3 is 2.90 bits per heavy atom. The molecule has 1 atom stereocenters. The zero-order valence-electron chi connectivity index (χ0n) is 15.5. The van der Waals surface area contributed by atoms with Crippen LogP contribution in [0.25, 0.3) is 0 Å². The van der Waals surface area contributed by atoms with Crippen LogP contribution in [0.3, 0.4) is 0 Å². The minimum Gasteiger partial charge on any atom is -0.508 e. The van der Waals surface area contributed by atoms with E-state index in [-0.39, 0.29) is 11.7 Å². The summed E-state index contributed by atoms with van der Waals surface area (Å²) in [5.41, 5.74) is 1.82. The van der Waals surface area contributed by atoms with Crippen LogP contribution < -0.4 is 10.2 Å². The Hall–Kier alpha value is -3.81. The predicted octanol–water partition coefficient (Wildman–Crippen LogP) is 3.23. The molecule has 4 heterocycles. The smallest absolute Gasteiger partial charge is 0.228 e. The number of benzene rings is 1. The third-order valence-corrected chi connectivity index (χ3v) is 5.09. The molecule has 0 amide bonds. The Morgan fingerprint density at radius 1 is 1.17 bits per heavy atom. The highest BCUT2D eigenvalue weighted by atomic mass is 16.5. The molecule has 0 spiro atoms. The quantitative estimate of drug-likeness (QED) is 0.480. The molecule has 0 unspecified atom stereocenters. The third kappa shape index (κ3) is 3.08. The van der Waals surface area contributed by atoms with Crippen LogP contribution in [0.15, 0.2) is 66.1 Å². The van der Waals surface area contributed by atoms with E-state index in [4.69, 9.17) is 14.6 Å². The van der Waals surface area contributed by atoms with Crippen molar-refractivity contribution in [2.45, 2.75) is 25.4 Å². The van der Waals surface area contributed by atoms with Gasteiger partial charge in [-0.05, 0) is 24.6 Å². The summed E-state index contributed by atoms with van der Waals surface area (Å²) < 4.78 is 15.4. The minimum absolute atomic E-state index is 0.113. The first-order valence-corrected chi connectivity index (χ1v) is 9.34. The van der Waals surface area contributed by atoms with Gasteiger partial charge in [0.1, 0.15) is 29.1 Å². The summed E-state index contributed by atoms with van der Waals surface area (Å²) in [6, 6.07) is 8.68. The van der Waals surface area contributed by atoms with Gasteiger partial charge in [-0.1, -0.05) is 6.07 Å². The van der Waals surface area contributed by atoms with Gasteiger partial charge in [-0.3, -0.25) is 5.41 Å². The number of nitrogens with one attached hydrogen (secondary N) is 1. The third-order valence-electron chi connectivity index (χ3n) is 5.09. The number of nitrogens with zero attached hydrogens (tertiary/aromatic N) is 4. The van der Waals surface area contributed by atoms with E-state index >= 15 is 0 Å². The number of fused-ring (bicyclic) bond motifs is 2. The number of aromatic hydroxyl groups is 1. The second kappa shape index (κ2) is 6.97. The van der Waals surface area contributed by atoms with E-state index in [1.54, 1.807) is 43.3 Å². The van der Waals surface area contributed by atoms with Gasteiger partial charge in [0, 0.05) is 37.1 Å². The molecule has 0 fully saturated rings. The van der Waals surface area contributed by atoms with E-state index in [1.807, 2.05) is 27.5 Å². The molecule has 2 N–H and O–H groups in total. The van der Waals surface area contributed by atoms with Crippen molar-refractivity contribution in [3.8, 4) is 17.4 Å². The number of imidazole rings is 1. The van der Waals surface area contributed by atoms with Crippen molar-refractivity contribution in [3.05, 3.63) is 84.0 Å². The molecule has 0 saturated carbocycles. The number of furan rings is 1. The summed E-state index contributed by atoms with van der Waals surface area (Å²) in [6.45, 7) is 1.45. The number of hydrogen-bond acceptors (Lipinski definition) is 6. The predicted molar refractivity (Wildman–Crippen MR) is 103 cm³/mol. The van der Waals surface area contributed by atoms with E-state index in [0.717, 1.165) is 18.5 Å². The lowest BCUT2D eigenvalue weighted by atomic mass is 9.87. The second-order valence-corrected chi connectivity index (χ2v) is 6.93. The summed E-state index contributed by atoms with van der Waals surface area (Å²) >= 11 is 0. The number of rotatable bonds is 5. The number of ether oxygens (including phenoxy) is 1. The van der Waals surface area contributed by atoms with Crippen molar-refractivity contribution in [1.82, 2.24) is 19.1 Å². The SMILES string of the molecule is N=c1c2c(ncn1CCCn1ccnc1)Oc1cc(O)ccc1[C@H]2c1ccco1. The maximum Gasteiger partial charge on any atom is 0.228 e. The van der Waals surface area contributed by atoms with E-state index in [2.05, 4.69) is 9.97 Å². The first-order valence-electron chi connectivity index (χ1n) is 9.34.